The number of benzene rings is 3. The third-order valence-corrected chi connectivity index (χ3v) is 8.98. The van der Waals surface area contributed by atoms with Gasteiger partial charge < -0.3 is 19.7 Å². The molecule has 4 rings (SSSR count). The normalized spacial score (nSPS) is 14.9. The van der Waals surface area contributed by atoms with Crippen LogP contribution in [0.5, 0.6) is 11.5 Å². The summed E-state index contributed by atoms with van der Waals surface area (Å²) in [5.74, 6) is 1.16. The van der Waals surface area contributed by atoms with Crippen LogP contribution in [-0.4, -0.2) is 48.2 Å². The predicted octanol–water partition coefficient (Wildman–Crippen LogP) is 5.01. The fourth-order valence-electron chi connectivity index (χ4n) is 4.76. The number of rotatable bonds is 10. The van der Waals surface area contributed by atoms with E-state index in [4.69, 9.17) is 9.47 Å². The summed E-state index contributed by atoms with van der Waals surface area (Å²) in [5, 5.41) is 2.96. The molecule has 0 aromatic heterocycles. The highest BCUT2D eigenvalue weighted by Gasteiger charge is 2.28. The minimum atomic E-state index is -4.05. The number of nitrogens with one attached hydrogen (secondary N) is 1. The Bertz CT molecular complexity index is 1360. The van der Waals surface area contributed by atoms with Crippen LogP contribution in [0.3, 0.4) is 0 Å². The highest BCUT2D eigenvalue weighted by Crippen LogP contribution is 2.34. The molecule has 1 amide bonds. The van der Waals surface area contributed by atoms with Crippen LogP contribution in [0, 0.1) is 5.92 Å². The van der Waals surface area contributed by atoms with Crippen molar-refractivity contribution in [3.05, 3.63) is 78.4 Å². The summed E-state index contributed by atoms with van der Waals surface area (Å²) in [6.07, 6.45) is 2.38. The van der Waals surface area contributed by atoms with Gasteiger partial charge in [-0.05, 0) is 67.6 Å². The number of hydrogen-bond acceptors (Lipinski definition) is 6. The standard InChI is InChI=1S/C30H37N3O5S/c1-22-16-18-32(19-17-22)25-12-10-24(11-13-25)23(2)31-30(34)21-33(39(35,36)27-8-6-5-7-9-27)26-14-15-28(37-3)29(20-26)38-4/h5-15,20,22-23H,16-19,21H2,1-4H3,(H,31,34). The van der Waals surface area contributed by atoms with Gasteiger partial charge in [0, 0.05) is 24.8 Å². The smallest absolute Gasteiger partial charge is 0.264 e. The zero-order valence-corrected chi connectivity index (χ0v) is 23.8. The first-order valence-electron chi connectivity index (χ1n) is 13.2. The fraction of sp³-hybridized carbons (Fsp3) is 0.367. The van der Waals surface area contributed by atoms with Gasteiger partial charge in [-0.2, -0.15) is 0 Å². The Labute approximate surface area is 231 Å². The maximum absolute atomic E-state index is 13.7. The third kappa shape index (κ3) is 6.65. The minimum absolute atomic E-state index is 0.0864. The molecule has 3 aromatic carbocycles. The van der Waals surface area contributed by atoms with Gasteiger partial charge in [-0.25, -0.2) is 8.42 Å². The van der Waals surface area contributed by atoms with Crippen molar-refractivity contribution < 1.29 is 22.7 Å². The quantitative estimate of drug-likeness (QED) is 0.381. The third-order valence-electron chi connectivity index (χ3n) is 7.19. The number of piperidine rings is 1. The number of ether oxygens (including phenoxy) is 2. The molecule has 8 nitrogen and oxygen atoms in total. The lowest BCUT2D eigenvalue weighted by molar-refractivity contribution is -0.120. The van der Waals surface area contributed by atoms with Crippen LogP contribution in [0.2, 0.25) is 0 Å². The lowest BCUT2D eigenvalue weighted by Crippen LogP contribution is -2.41. The van der Waals surface area contributed by atoms with Gasteiger partial charge in [0.25, 0.3) is 10.0 Å². The van der Waals surface area contributed by atoms with Crippen molar-refractivity contribution in [3.8, 4) is 11.5 Å². The first-order chi connectivity index (χ1) is 18.7. The van der Waals surface area contributed by atoms with Crippen LogP contribution < -0.4 is 24.0 Å². The lowest BCUT2D eigenvalue weighted by atomic mass is 9.98. The molecule has 1 atom stereocenters. The molecule has 1 unspecified atom stereocenters. The van der Waals surface area contributed by atoms with E-state index in [-0.39, 0.29) is 10.9 Å². The molecule has 1 fully saturated rings. The maximum Gasteiger partial charge on any atom is 0.264 e. The van der Waals surface area contributed by atoms with Crippen LogP contribution >= 0.6 is 0 Å². The first kappa shape index (κ1) is 28.3. The molecule has 0 radical (unpaired) electrons. The monoisotopic (exact) mass is 551 g/mol. The highest BCUT2D eigenvalue weighted by atomic mass is 32.2. The molecular weight excluding hydrogens is 514 g/mol. The predicted molar refractivity (Wildman–Crippen MR) is 154 cm³/mol. The molecule has 1 N–H and O–H groups in total. The van der Waals surface area contributed by atoms with Crippen molar-refractivity contribution in [3.63, 3.8) is 0 Å². The van der Waals surface area contributed by atoms with Crippen molar-refractivity contribution in [2.75, 3.05) is 43.1 Å². The van der Waals surface area contributed by atoms with Gasteiger partial charge in [-0.15, -0.1) is 0 Å². The number of methoxy groups -OCH3 is 2. The average molecular weight is 552 g/mol. The van der Waals surface area contributed by atoms with Crippen LogP contribution in [0.1, 0.15) is 38.3 Å². The molecule has 9 heteroatoms. The molecule has 1 aliphatic heterocycles. The van der Waals surface area contributed by atoms with Crippen molar-refractivity contribution in [2.24, 2.45) is 5.92 Å². The van der Waals surface area contributed by atoms with Crippen LogP contribution in [-0.2, 0) is 14.8 Å². The van der Waals surface area contributed by atoms with Crippen LogP contribution in [0.4, 0.5) is 11.4 Å². The summed E-state index contributed by atoms with van der Waals surface area (Å²) in [6.45, 7) is 5.88. The topological polar surface area (TPSA) is 88.2 Å². The Kier molecular flexibility index (Phi) is 9.01. The minimum Gasteiger partial charge on any atom is -0.493 e. The summed E-state index contributed by atoms with van der Waals surface area (Å²) in [4.78, 5) is 15.7. The second-order valence-electron chi connectivity index (χ2n) is 9.91. The Hall–Kier alpha value is -3.72. The second-order valence-corrected chi connectivity index (χ2v) is 11.8. The molecule has 0 aliphatic carbocycles. The van der Waals surface area contributed by atoms with E-state index >= 15 is 0 Å². The molecular formula is C30H37N3O5S. The molecule has 1 aliphatic rings. The number of carbonyl (C=O) groups is 1. The summed E-state index contributed by atoms with van der Waals surface area (Å²) in [5.41, 5.74) is 2.42. The molecule has 3 aromatic rings. The largest absolute Gasteiger partial charge is 0.493 e. The van der Waals surface area contributed by atoms with E-state index in [0.717, 1.165) is 28.9 Å². The zero-order valence-electron chi connectivity index (χ0n) is 23.0. The van der Waals surface area contributed by atoms with E-state index in [1.807, 2.05) is 19.1 Å². The Morgan fingerprint density at radius 3 is 2.23 bits per heavy atom. The van der Waals surface area contributed by atoms with Gasteiger partial charge in [-0.1, -0.05) is 37.3 Å². The van der Waals surface area contributed by atoms with Crippen molar-refractivity contribution in [1.29, 1.82) is 0 Å². The van der Waals surface area contributed by atoms with Gasteiger partial charge in [0.1, 0.15) is 6.54 Å². The van der Waals surface area contributed by atoms with Gasteiger partial charge in [0.15, 0.2) is 11.5 Å². The molecule has 0 spiro atoms. The van der Waals surface area contributed by atoms with E-state index in [1.165, 1.54) is 44.9 Å². The summed E-state index contributed by atoms with van der Waals surface area (Å²) in [7, 11) is -1.07. The van der Waals surface area contributed by atoms with Gasteiger partial charge in [-0.3, -0.25) is 9.10 Å². The number of carbonyl (C=O) groups excluding carboxylic acids is 1. The summed E-state index contributed by atoms with van der Waals surface area (Å²) >= 11 is 0. The van der Waals surface area contributed by atoms with E-state index < -0.39 is 22.5 Å². The highest BCUT2D eigenvalue weighted by molar-refractivity contribution is 7.92. The zero-order chi connectivity index (χ0) is 28.0. The average Bonchev–Trinajstić information content (AvgIpc) is 2.96. The Morgan fingerprint density at radius 2 is 1.62 bits per heavy atom. The van der Waals surface area contributed by atoms with Crippen LogP contribution in [0.25, 0.3) is 0 Å². The van der Waals surface area contributed by atoms with E-state index in [9.17, 15) is 13.2 Å². The SMILES string of the molecule is COc1ccc(N(CC(=O)NC(C)c2ccc(N3CCC(C)CC3)cc2)S(=O)(=O)c2ccccc2)cc1OC. The Balaban J connectivity index is 1.53. The van der Waals surface area contributed by atoms with Crippen molar-refractivity contribution >= 4 is 27.3 Å². The number of hydrogen-bond donors (Lipinski definition) is 1. The summed E-state index contributed by atoms with van der Waals surface area (Å²) < 4.78 is 39.1. The van der Waals surface area contributed by atoms with E-state index in [2.05, 4.69) is 29.3 Å². The maximum atomic E-state index is 13.7. The van der Waals surface area contributed by atoms with Crippen molar-refractivity contribution in [1.82, 2.24) is 5.32 Å². The number of anilines is 2. The molecule has 0 saturated carbocycles. The summed E-state index contributed by atoms with van der Waals surface area (Å²) in [6, 6.07) is 20.7. The molecule has 39 heavy (non-hydrogen) atoms. The number of nitrogens with zero attached hydrogens (tertiary/aromatic N) is 2. The molecule has 1 heterocycles. The lowest BCUT2D eigenvalue weighted by Gasteiger charge is -2.32. The van der Waals surface area contributed by atoms with Gasteiger partial charge in [0.05, 0.1) is 30.8 Å². The number of sulfonamides is 1. The van der Waals surface area contributed by atoms with Crippen LogP contribution in [0.15, 0.2) is 77.7 Å². The Morgan fingerprint density at radius 1 is 0.974 bits per heavy atom. The fourth-order valence-corrected chi connectivity index (χ4v) is 6.19. The van der Waals surface area contributed by atoms with Gasteiger partial charge in [0.2, 0.25) is 5.91 Å². The second kappa shape index (κ2) is 12.4. The molecule has 1 saturated heterocycles. The molecule has 208 valence electrons. The van der Waals surface area contributed by atoms with Crippen molar-refractivity contribution in [2.45, 2.75) is 37.6 Å². The van der Waals surface area contributed by atoms with E-state index in [1.54, 1.807) is 36.4 Å². The first-order valence-corrected chi connectivity index (χ1v) is 14.6. The van der Waals surface area contributed by atoms with E-state index in [0.29, 0.717) is 17.2 Å². The van der Waals surface area contributed by atoms with Gasteiger partial charge >= 0.3 is 0 Å². The molecule has 0 bridgehead atoms. The number of amides is 1.